The maximum Gasteiger partial charge on any atom is 0.241 e. The molecule has 162 valence electrons. The minimum absolute atomic E-state index is 0.0381. The van der Waals surface area contributed by atoms with Crippen LogP contribution in [-0.2, 0) is 11.3 Å². The third-order valence-electron chi connectivity index (χ3n) is 5.60. The Morgan fingerprint density at radius 1 is 1.26 bits per heavy atom. The summed E-state index contributed by atoms with van der Waals surface area (Å²) >= 11 is 6.03. The normalized spacial score (nSPS) is 16.2. The second-order valence-corrected chi connectivity index (χ2v) is 8.29. The van der Waals surface area contributed by atoms with Gasteiger partial charge in [-0.3, -0.25) is 9.69 Å². The quantitative estimate of drug-likeness (QED) is 0.603. The summed E-state index contributed by atoms with van der Waals surface area (Å²) in [5.41, 5.74) is 1.70. The Morgan fingerprint density at radius 3 is 2.71 bits per heavy atom. The van der Waals surface area contributed by atoms with Crippen molar-refractivity contribution >= 4 is 17.5 Å². The van der Waals surface area contributed by atoms with Gasteiger partial charge in [0, 0.05) is 16.5 Å². The second-order valence-electron chi connectivity index (χ2n) is 7.85. The van der Waals surface area contributed by atoms with Gasteiger partial charge in [0.1, 0.15) is 5.82 Å². The molecule has 1 aliphatic heterocycles. The van der Waals surface area contributed by atoms with Crippen LogP contribution in [-0.4, -0.2) is 34.0 Å². The molecule has 0 spiro atoms. The monoisotopic (exact) mass is 442 g/mol. The van der Waals surface area contributed by atoms with Crippen molar-refractivity contribution in [3.63, 3.8) is 0 Å². The van der Waals surface area contributed by atoms with Crippen molar-refractivity contribution in [1.29, 1.82) is 0 Å². The fourth-order valence-corrected chi connectivity index (χ4v) is 3.96. The molecule has 2 aromatic carbocycles. The molecule has 1 N–H and O–H groups in total. The number of piperidine rings is 1. The first-order valence-electron chi connectivity index (χ1n) is 10.3. The van der Waals surface area contributed by atoms with E-state index < -0.39 is 0 Å². The van der Waals surface area contributed by atoms with Gasteiger partial charge in [-0.1, -0.05) is 41.0 Å². The summed E-state index contributed by atoms with van der Waals surface area (Å²) < 4.78 is 18.5. The number of amides is 1. The highest BCUT2D eigenvalue weighted by Crippen LogP contribution is 2.23. The van der Waals surface area contributed by atoms with E-state index in [-0.39, 0.29) is 23.7 Å². The number of rotatable bonds is 6. The zero-order valence-electron chi connectivity index (χ0n) is 17.2. The van der Waals surface area contributed by atoms with Crippen LogP contribution in [0.15, 0.2) is 53.1 Å². The number of nitrogens with zero attached hydrogens (tertiary/aromatic N) is 3. The third kappa shape index (κ3) is 5.48. The van der Waals surface area contributed by atoms with E-state index in [0.29, 0.717) is 23.3 Å². The Kier molecular flexibility index (Phi) is 6.63. The fraction of sp³-hybridized carbons (Fsp3) is 0.348. The Balaban J connectivity index is 1.27. The third-order valence-corrected chi connectivity index (χ3v) is 5.83. The van der Waals surface area contributed by atoms with Gasteiger partial charge in [-0.15, -0.1) is 0 Å². The first-order chi connectivity index (χ1) is 15.0. The van der Waals surface area contributed by atoms with Gasteiger partial charge in [0.25, 0.3) is 0 Å². The molecule has 0 bridgehead atoms. The Labute approximate surface area is 185 Å². The van der Waals surface area contributed by atoms with Gasteiger partial charge in [-0.05, 0) is 62.7 Å². The standard InChI is InChI=1S/C23H24ClFN4O2/c1-15(16-5-7-20(25)8-6-16)26-23(30)17-9-11-29(12-10-17)14-21-27-22(28-31-21)18-3-2-4-19(24)13-18/h2-8,13,15,17H,9-12,14H2,1H3,(H,26,30). The predicted octanol–water partition coefficient (Wildman–Crippen LogP) is 4.62. The Morgan fingerprint density at radius 2 is 2.00 bits per heavy atom. The molecule has 1 saturated heterocycles. The molecule has 3 aromatic rings. The van der Waals surface area contributed by atoms with Gasteiger partial charge >= 0.3 is 0 Å². The van der Waals surface area contributed by atoms with Crippen LogP contribution in [0.5, 0.6) is 0 Å². The topological polar surface area (TPSA) is 71.3 Å². The van der Waals surface area contributed by atoms with Crippen molar-refractivity contribution in [1.82, 2.24) is 20.4 Å². The van der Waals surface area contributed by atoms with Crippen molar-refractivity contribution < 1.29 is 13.7 Å². The molecule has 1 fully saturated rings. The lowest BCUT2D eigenvalue weighted by molar-refractivity contribution is -0.127. The number of carbonyl (C=O) groups is 1. The molecule has 0 aliphatic carbocycles. The molecule has 1 unspecified atom stereocenters. The van der Waals surface area contributed by atoms with Crippen LogP contribution >= 0.6 is 11.6 Å². The number of benzene rings is 2. The van der Waals surface area contributed by atoms with E-state index >= 15 is 0 Å². The molecule has 1 atom stereocenters. The molecule has 8 heteroatoms. The first kappa shape index (κ1) is 21.5. The highest BCUT2D eigenvalue weighted by atomic mass is 35.5. The van der Waals surface area contributed by atoms with Crippen LogP contribution in [0.4, 0.5) is 4.39 Å². The van der Waals surface area contributed by atoms with E-state index in [1.165, 1.54) is 12.1 Å². The summed E-state index contributed by atoms with van der Waals surface area (Å²) in [6.45, 7) is 4.01. The average molecular weight is 443 g/mol. The molecule has 1 aromatic heterocycles. The van der Waals surface area contributed by atoms with E-state index in [9.17, 15) is 9.18 Å². The van der Waals surface area contributed by atoms with Crippen LogP contribution in [0.25, 0.3) is 11.4 Å². The average Bonchev–Trinajstić information content (AvgIpc) is 3.23. The predicted molar refractivity (Wildman–Crippen MR) is 116 cm³/mol. The highest BCUT2D eigenvalue weighted by Gasteiger charge is 2.27. The van der Waals surface area contributed by atoms with Gasteiger partial charge < -0.3 is 9.84 Å². The van der Waals surface area contributed by atoms with E-state index in [2.05, 4.69) is 20.4 Å². The van der Waals surface area contributed by atoms with Gasteiger partial charge in [0.05, 0.1) is 12.6 Å². The molecule has 4 rings (SSSR count). The molecule has 0 radical (unpaired) electrons. The Hall–Kier alpha value is -2.77. The molecular formula is C23H24ClFN4O2. The summed E-state index contributed by atoms with van der Waals surface area (Å²) in [5.74, 6) is 0.779. The zero-order chi connectivity index (χ0) is 21.8. The summed E-state index contributed by atoms with van der Waals surface area (Å²) in [7, 11) is 0. The molecular weight excluding hydrogens is 419 g/mol. The maximum absolute atomic E-state index is 13.1. The summed E-state index contributed by atoms with van der Waals surface area (Å²) in [6.07, 6.45) is 1.52. The summed E-state index contributed by atoms with van der Waals surface area (Å²) in [6, 6.07) is 13.4. The first-order valence-corrected chi connectivity index (χ1v) is 10.7. The lowest BCUT2D eigenvalue weighted by Gasteiger charge is -2.30. The minimum Gasteiger partial charge on any atom is -0.349 e. The van der Waals surface area contributed by atoms with Crippen molar-refractivity contribution in [2.45, 2.75) is 32.4 Å². The largest absolute Gasteiger partial charge is 0.349 e. The molecule has 2 heterocycles. The number of likely N-dealkylation sites (tertiary alicyclic amines) is 1. The van der Waals surface area contributed by atoms with Gasteiger partial charge in [-0.2, -0.15) is 4.98 Å². The van der Waals surface area contributed by atoms with Crippen LogP contribution in [0.2, 0.25) is 5.02 Å². The van der Waals surface area contributed by atoms with Crippen molar-refractivity contribution in [3.8, 4) is 11.4 Å². The van der Waals surface area contributed by atoms with E-state index in [4.69, 9.17) is 16.1 Å². The lowest BCUT2D eigenvalue weighted by atomic mass is 9.95. The van der Waals surface area contributed by atoms with Gasteiger partial charge in [0.15, 0.2) is 0 Å². The van der Waals surface area contributed by atoms with Gasteiger partial charge in [-0.25, -0.2) is 4.39 Å². The van der Waals surface area contributed by atoms with Crippen molar-refractivity contribution in [2.24, 2.45) is 5.92 Å². The van der Waals surface area contributed by atoms with Crippen LogP contribution in [0.1, 0.15) is 37.3 Å². The Bertz CT molecular complexity index is 1030. The molecule has 31 heavy (non-hydrogen) atoms. The molecule has 1 aliphatic rings. The molecule has 0 saturated carbocycles. The van der Waals surface area contributed by atoms with Crippen molar-refractivity contribution in [3.05, 3.63) is 70.8 Å². The number of hydrogen-bond donors (Lipinski definition) is 1. The van der Waals surface area contributed by atoms with E-state index in [1.807, 2.05) is 19.1 Å². The molecule has 1 amide bonds. The van der Waals surface area contributed by atoms with E-state index in [1.54, 1.807) is 24.3 Å². The highest BCUT2D eigenvalue weighted by molar-refractivity contribution is 6.30. The second kappa shape index (κ2) is 9.58. The minimum atomic E-state index is -0.282. The lowest BCUT2D eigenvalue weighted by Crippen LogP contribution is -2.40. The fourth-order valence-electron chi connectivity index (χ4n) is 3.77. The number of hydrogen-bond acceptors (Lipinski definition) is 5. The van der Waals surface area contributed by atoms with Crippen LogP contribution < -0.4 is 5.32 Å². The van der Waals surface area contributed by atoms with Crippen molar-refractivity contribution in [2.75, 3.05) is 13.1 Å². The number of aromatic nitrogens is 2. The number of halogens is 2. The molecule has 6 nitrogen and oxygen atoms in total. The van der Waals surface area contributed by atoms with Gasteiger partial charge in [0.2, 0.25) is 17.6 Å². The number of nitrogens with one attached hydrogen (secondary N) is 1. The smallest absolute Gasteiger partial charge is 0.241 e. The van der Waals surface area contributed by atoms with Crippen LogP contribution in [0, 0.1) is 11.7 Å². The summed E-state index contributed by atoms with van der Waals surface area (Å²) in [5, 5.41) is 7.71. The van der Waals surface area contributed by atoms with E-state index in [0.717, 1.165) is 37.1 Å². The summed E-state index contributed by atoms with van der Waals surface area (Å²) in [4.78, 5) is 19.3. The zero-order valence-corrected chi connectivity index (χ0v) is 18.0. The SMILES string of the molecule is CC(NC(=O)C1CCN(Cc2nc(-c3cccc(Cl)c3)no2)CC1)c1ccc(F)cc1. The number of carbonyl (C=O) groups excluding carboxylic acids is 1. The van der Waals surface area contributed by atoms with Crippen LogP contribution in [0.3, 0.4) is 0 Å². The maximum atomic E-state index is 13.1.